The van der Waals surface area contributed by atoms with E-state index in [2.05, 4.69) is 10.2 Å². The highest BCUT2D eigenvalue weighted by Crippen LogP contribution is 2.21. The van der Waals surface area contributed by atoms with Gasteiger partial charge in [0.2, 0.25) is 0 Å². The Bertz CT molecular complexity index is 223. The van der Waals surface area contributed by atoms with Gasteiger partial charge in [-0.3, -0.25) is 5.10 Å². The van der Waals surface area contributed by atoms with Crippen molar-refractivity contribution in [2.24, 2.45) is 0 Å². The summed E-state index contributed by atoms with van der Waals surface area (Å²) < 4.78 is 0. The molecule has 1 aromatic heterocycles. The minimum Gasteiger partial charge on any atom is -0.396 e. The lowest BCUT2D eigenvalue weighted by Gasteiger charge is -2.14. The van der Waals surface area contributed by atoms with Crippen LogP contribution in [-0.4, -0.2) is 15.3 Å². The molecule has 56 valence electrons. The highest BCUT2D eigenvalue weighted by Gasteiger charge is 2.20. The Morgan fingerprint density at radius 2 is 2.30 bits per heavy atom. The number of anilines is 1. The van der Waals surface area contributed by atoms with Gasteiger partial charge in [-0.15, -0.1) is 0 Å². The van der Waals surface area contributed by atoms with Crippen molar-refractivity contribution in [3.8, 4) is 0 Å². The average Bonchev–Trinajstić information content (AvgIpc) is 2.11. The van der Waals surface area contributed by atoms with Crippen LogP contribution < -0.4 is 5.73 Å². The minimum atomic E-state index is -0.930. The van der Waals surface area contributed by atoms with Gasteiger partial charge in [0.1, 0.15) is 5.60 Å². The number of aromatic nitrogens is 2. The summed E-state index contributed by atoms with van der Waals surface area (Å²) in [6.07, 6.45) is 1.48. The van der Waals surface area contributed by atoms with E-state index in [0.717, 1.165) is 0 Å². The van der Waals surface area contributed by atoms with E-state index in [1.807, 2.05) is 0 Å². The van der Waals surface area contributed by atoms with E-state index in [0.29, 0.717) is 11.4 Å². The van der Waals surface area contributed by atoms with Gasteiger partial charge in [0.05, 0.1) is 17.6 Å². The topological polar surface area (TPSA) is 74.9 Å². The Labute approximate surface area is 59.1 Å². The number of hydrogen-bond donors (Lipinski definition) is 3. The number of aromatic amines is 1. The van der Waals surface area contributed by atoms with Crippen molar-refractivity contribution in [2.75, 3.05) is 5.73 Å². The van der Waals surface area contributed by atoms with Crippen LogP contribution in [0.1, 0.15) is 19.5 Å². The average molecular weight is 141 g/mol. The zero-order chi connectivity index (χ0) is 7.78. The summed E-state index contributed by atoms with van der Waals surface area (Å²) in [5.41, 5.74) is 5.60. The molecule has 4 N–H and O–H groups in total. The predicted molar refractivity (Wildman–Crippen MR) is 38.2 cm³/mol. The van der Waals surface area contributed by atoms with Gasteiger partial charge in [-0.05, 0) is 13.8 Å². The quantitative estimate of drug-likeness (QED) is 0.523. The molecular weight excluding hydrogens is 130 g/mol. The maximum atomic E-state index is 9.41. The summed E-state index contributed by atoms with van der Waals surface area (Å²) >= 11 is 0. The van der Waals surface area contributed by atoms with Gasteiger partial charge in [0, 0.05) is 0 Å². The Morgan fingerprint density at radius 1 is 1.70 bits per heavy atom. The number of H-pyrrole nitrogens is 1. The van der Waals surface area contributed by atoms with Gasteiger partial charge in [-0.25, -0.2) is 0 Å². The first-order valence-corrected chi connectivity index (χ1v) is 3.03. The van der Waals surface area contributed by atoms with Crippen LogP contribution in [0.25, 0.3) is 0 Å². The van der Waals surface area contributed by atoms with Gasteiger partial charge < -0.3 is 10.8 Å². The first-order chi connectivity index (χ1) is 4.52. The van der Waals surface area contributed by atoms with Crippen molar-refractivity contribution in [3.63, 3.8) is 0 Å². The Hall–Kier alpha value is -1.03. The number of hydrogen-bond acceptors (Lipinski definition) is 3. The zero-order valence-corrected chi connectivity index (χ0v) is 6.05. The number of nitrogen functional groups attached to an aromatic ring is 1. The number of nitrogens with one attached hydrogen (secondary N) is 1. The van der Waals surface area contributed by atoms with Crippen molar-refractivity contribution in [3.05, 3.63) is 11.9 Å². The molecule has 4 nitrogen and oxygen atoms in total. The van der Waals surface area contributed by atoms with Gasteiger partial charge in [0.25, 0.3) is 0 Å². The lowest BCUT2D eigenvalue weighted by atomic mass is 10.1. The third-order valence-electron chi connectivity index (χ3n) is 1.28. The lowest BCUT2D eigenvalue weighted by Crippen LogP contribution is -2.17. The lowest BCUT2D eigenvalue weighted by molar-refractivity contribution is 0.0746. The first-order valence-electron chi connectivity index (χ1n) is 3.03. The van der Waals surface area contributed by atoms with Gasteiger partial charge >= 0.3 is 0 Å². The van der Waals surface area contributed by atoms with Gasteiger partial charge in [0.15, 0.2) is 0 Å². The molecule has 1 aromatic rings. The molecule has 1 rings (SSSR count). The molecule has 0 amide bonds. The molecule has 0 aliphatic rings. The molecule has 0 fully saturated rings. The van der Waals surface area contributed by atoms with E-state index in [1.165, 1.54) is 6.20 Å². The van der Waals surface area contributed by atoms with Crippen molar-refractivity contribution < 1.29 is 5.11 Å². The summed E-state index contributed by atoms with van der Waals surface area (Å²) in [7, 11) is 0. The SMILES string of the molecule is CC(C)(O)c1[nH]ncc1N. The van der Waals surface area contributed by atoms with Crippen LogP contribution in [0.15, 0.2) is 6.20 Å². The molecule has 10 heavy (non-hydrogen) atoms. The second-order valence-corrected chi connectivity index (χ2v) is 2.76. The molecule has 1 heterocycles. The number of aliphatic hydroxyl groups is 1. The predicted octanol–water partition coefficient (Wildman–Crippen LogP) is 0.219. The monoisotopic (exact) mass is 141 g/mol. The molecule has 0 radical (unpaired) electrons. The smallest absolute Gasteiger partial charge is 0.102 e. The summed E-state index contributed by atoms with van der Waals surface area (Å²) in [4.78, 5) is 0. The Balaban J connectivity index is 3.05. The fourth-order valence-electron chi connectivity index (χ4n) is 0.785. The van der Waals surface area contributed by atoms with Gasteiger partial charge in [-0.1, -0.05) is 0 Å². The van der Waals surface area contributed by atoms with Crippen LogP contribution >= 0.6 is 0 Å². The standard InChI is InChI=1S/C6H11N3O/c1-6(2,10)5-4(7)3-8-9-5/h3,10H,7H2,1-2H3,(H,8,9). The summed E-state index contributed by atoms with van der Waals surface area (Å²) in [5.74, 6) is 0. The fourth-order valence-corrected chi connectivity index (χ4v) is 0.785. The molecule has 0 saturated carbocycles. The van der Waals surface area contributed by atoms with E-state index in [-0.39, 0.29) is 0 Å². The molecule has 0 unspecified atom stereocenters. The molecule has 0 bridgehead atoms. The van der Waals surface area contributed by atoms with Crippen LogP contribution in [0.4, 0.5) is 5.69 Å². The van der Waals surface area contributed by atoms with Crippen molar-refractivity contribution in [1.29, 1.82) is 0 Å². The summed E-state index contributed by atoms with van der Waals surface area (Å²) in [5, 5.41) is 15.7. The largest absolute Gasteiger partial charge is 0.396 e. The second-order valence-electron chi connectivity index (χ2n) is 2.76. The fraction of sp³-hybridized carbons (Fsp3) is 0.500. The minimum absolute atomic E-state index is 0.493. The third kappa shape index (κ3) is 1.11. The van der Waals surface area contributed by atoms with E-state index < -0.39 is 5.60 Å². The molecule has 0 aliphatic heterocycles. The van der Waals surface area contributed by atoms with E-state index in [9.17, 15) is 5.11 Å². The first kappa shape index (κ1) is 7.08. The maximum Gasteiger partial charge on any atom is 0.102 e. The highest BCUT2D eigenvalue weighted by atomic mass is 16.3. The molecular formula is C6H11N3O. The molecule has 0 atom stereocenters. The van der Waals surface area contributed by atoms with Gasteiger partial charge in [-0.2, -0.15) is 5.10 Å². The van der Waals surface area contributed by atoms with Crippen LogP contribution in [0.2, 0.25) is 0 Å². The maximum absolute atomic E-state index is 9.41. The molecule has 0 aromatic carbocycles. The summed E-state index contributed by atoms with van der Waals surface area (Å²) in [6.45, 7) is 3.30. The number of rotatable bonds is 1. The van der Waals surface area contributed by atoms with Crippen LogP contribution in [0, 0.1) is 0 Å². The zero-order valence-electron chi connectivity index (χ0n) is 6.05. The molecule has 0 spiro atoms. The number of nitrogens with two attached hydrogens (primary N) is 1. The van der Waals surface area contributed by atoms with Crippen molar-refractivity contribution in [2.45, 2.75) is 19.4 Å². The molecule has 4 heteroatoms. The van der Waals surface area contributed by atoms with Crippen molar-refractivity contribution in [1.82, 2.24) is 10.2 Å². The van der Waals surface area contributed by atoms with Crippen molar-refractivity contribution >= 4 is 5.69 Å². The third-order valence-corrected chi connectivity index (χ3v) is 1.28. The van der Waals surface area contributed by atoms with Crippen LogP contribution in [0.3, 0.4) is 0 Å². The van der Waals surface area contributed by atoms with E-state index in [1.54, 1.807) is 13.8 Å². The van der Waals surface area contributed by atoms with E-state index in [4.69, 9.17) is 5.73 Å². The van der Waals surface area contributed by atoms with E-state index >= 15 is 0 Å². The Morgan fingerprint density at radius 3 is 2.50 bits per heavy atom. The molecule has 0 saturated heterocycles. The number of nitrogens with zero attached hydrogens (tertiary/aromatic N) is 1. The second kappa shape index (κ2) is 1.98. The molecule has 0 aliphatic carbocycles. The van der Waals surface area contributed by atoms with Crippen LogP contribution in [0.5, 0.6) is 0 Å². The van der Waals surface area contributed by atoms with Crippen LogP contribution in [-0.2, 0) is 5.60 Å². The highest BCUT2D eigenvalue weighted by molar-refractivity contribution is 5.42. The Kier molecular flexibility index (Phi) is 1.40. The summed E-state index contributed by atoms with van der Waals surface area (Å²) in [6, 6.07) is 0. The normalized spacial score (nSPS) is 11.9.